The molecule has 0 N–H and O–H groups in total. The van der Waals surface area contributed by atoms with Crippen LogP contribution in [0.2, 0.25) is 0 Å². The fraction of sp³-hybridized carbons (Fsp3) is 0.400. The lowest BCUT2D eigenvalue weighted by atomic mass is 10.1. The van der Waals surface area contributed by atoms with Gasteiger partial charge in [-0.25, -0.2) is 8.42 Å². The Morgan fingerprint density at radius 2 is 2.24 bits per heavy atom. The van der Waals surface area contributed by atoms with Crippen molar-refractivity contribution in [1.82, 2.24) is 4.90 Å². The van der Waals surface area contributed by atoms with Crippen molar-refractivity contribution in [3.8, 4) is 12.3 Å². The van der Waals surface area contributed by atoms with Crippen LogP contribution in [0.1, 0.15) is 22.3 Å². The first-order valence-corrected chi connectivity index (χ1v) is 9.17. The van der Waals surface area contributed by atoms with Gasteiger partial charge in [-0.15, -0.1) is 6.42 Å². The van der Waals surface area contributed by atoms with Crippen molar-refractivity contribution in [2.45, 2.75) is 19.4 Å². The van der Waals surface area contributed by atoms with E-state index in [1.54, 1.807) is 12.1 Å². The second-order valence-electron chi connectivity index (χ2n) is 5.11. The topological polar surface area (TPSA) is 54.5 Å². The summed E-state index contributed by atoms with van der Waals surface area (Å²) >= 11 is 3.40. The van der Waals surface area contributed by atoms with Gasteiger partial charge in [0, 0.05) is 16.1 Å². The van der Waals surface area contributed by atoms with E-state index in [1.807, 2.05) is 13.0 Å². The number of amides is 1. The third-order valence-electron chi connectivity index (χ3n) is 3.67. The molecule has 0 radical (unpaired) electrons. The molecule has 0 aliphatic carbocycles. The number of hydrogen-bond donors (Lipinski definition) is 0. The molecule has 112 valence electrons. The van der Waals surface area contributed by atoms with Gasteiger partial charge in [0.2, 0.25) is 0 Å². The average molecular weight is 370 g/mol. The number of hydrogen-bond acceptors (Lipinski definition) is 3. The van der Waals surface area contributed by atoms with E-state index in [0.29, 0.717) is 12.0 Å². The number of carbonyl (C=O) groups excluding carboxylic acids is 1. The summed E-state index contributed by atoms with van der Waals surface area (Å²) in [7, 11) is -3.06. The normalized spacial score (nSPS) is 20.0. The molecule has 0 saturated carbocycles. The van der Waals surface area contributed by atoms with Crippen LogP contribution in [0, 0.1) is 19.3 Å². The Morgan fingerprint density at radius 1 is 1.52 bits per heavy atom. The monoisotopic (exact) mass is 369 g/mol. The van der Waals surface area contributed by atoms with E-state index in [-0.39, 0.29) is 30.0 Å². The molecule has 0 aromatic heterocycles. The maximum Gasteiger partial charge on any atom is 0.255 e. The zero-order valence-corrected chi connectivity index (χ0v) is 14.1. The first kappa shape index (κ1) is 16.1. The summed E-state index contributed by atoms with van der Waals surface area (Å²) in [6, 6.07) is 5.04. The second kappa shape index (κ2) is 6.20. The third kappa shape index (κ3) is 3.47. The Kier molecular flexibility index (Phi) is 4.74. The summed E-state index contributed by atoms with van der Waals surface area (Å²) < 4.78 is 24.1. The van der Waals surface area contributed by atoms with Gasteiger partial charge < -0.3 is 4.90 Å². The van der Waals surface area contributed by atoms with Crippen LogP contribution in [0.15, 0.2) is 22.7 Å². The number of carbonyl (C=O) groups is 1. The number of terminal acetylenes is 1. The molecular weight excluding hydrogens is 354 g/mol. The molecule has 1 aliphatic rings. The third-order valence-corrected chi connectivity index (χ3v) is 6.28. The van der Waals surface area contributed by atoms with Gasteiger partial charge >= 0.3 is 0 Å². The standard InChI is InChI=1S/C15H16BrNO3S/c1-3-8-17(12-7-9-21(19,20)10-12)15(18)13-5-4-6-14(16)11(13)2/h1,4-6,12H,7-10H2,2H3. The number of sulfone groups is 1. The Balaban J connectivity index is 2.33. The molecule has 1 amide bonds. The van der Waals surface area contributed by atoms with Crippen LogP contribution >= 0.6 is 15.9 Å². The van der Waals surface area contributed by atoms with Gasteiger partial charge in [-0.05, 0) is 31.0 Å². The molecule has 1 aromatic rings. The van der Waals surface area contributed by atoms with E-state index in [4.69, 9.17) is 6.42 Å². The molecule has 1 heterocycles. The lowest BCUT2D eigenvalue weighted by Gasteiger charge is -2.27. The van der Waals surface area contributed by atoms with E-state index in [9.17, 15) is 13.2 Å². The average Bonchev–Trinajstić information content (AvgIpc) is 2.78. The molecule has 1 aromatic carbocycles. The molecular formula is C15H16BrNO3S. The predicted octanol–water partition coefficient (Wildman–Crippen LogP) is 2.02. The van der Waals surface area contributed by atoms with Crippen LogP contribution in [0.5, 0.6) is 0 Å². The molecule has 0 spiro atoms. The Morgan fingerprint density at radius 3 is 2.81 bits per heavy atom. The van der Waals surface area contributed by atoms with Crippen LogP contribution in [-0.2, 0) is 9.84 Å². The summed E-state index contributed by atoms with van der Waals surface area (Å²) in [5, 5.41) is 0. The lowest BCUT2D eigenvalue weighted by molar-refractivity contribution is 0.0723. The Bertz CT molecular complexity index is 706. The number of benzene rings is 1. The van der Waals surface area contributed by atoms with Gasteiger partial charge in [-0.3, -0.25) is 4.79 Å². The van der Waals surface area contributed by atoms with E-state index in [0.717, 1.165) is 10.0 Å². The van der Waals surface area contributed by atoms with E-state index in [2.05, 4.69) is 21.9 Å². The highest BCUT2D eigenvalue weighted by Crippen LogP contribution is 2.24. The molecule has 6 heteroatoms. The highest BCUT2D eigenvalue weighted by atomic mass is 79.9. The molecule has 0 bridgehead atoms. The highest BCUT2D eigenvalue weighted by molar-refractivity contribution is 9.10. The molecule has 2 rings (SSSR count). The van der Waals surface area contributed by atoms with Gasteiger partial charge in [0.15, 0.2) is 9.84 Å². The van der Waals surface area contributed by atoms with Crippen molar-refractivity contribution >= 4 is 31.7 Å². The number of rotatable bonds is 3. The van der Waals surface area contributed by atoms with Crippen molar-refractivity contribution in [2.24, 2.45) is 0 Å². The van der Waals surface area contributed by atoms with Crippen molar-refractivity contribution < 1.29 is 13.2 Å². The Hall–Kier alpha value is -1.32. The van der Waals surface area contributed by atoms with Gasteiger partial charge in [0.1, 0.15) is 0 Å². The van der Waals surface area contributed by atoms with Crippen molar-refractivity contribution in [1.29, 1.82) is 0 Å². The quantitative estimate of drug-likeness (QED) is 0.765. The summed E-state index contributed by atoms with van der Waals surface area (Å²) in [4.78, 5) is 14.2. The maximum atomic E-state index is 12.7. The minimum absolute atomic E-state index is 0.00648. The van der Waals surface area contributed by atoms with Crippen molar-refractivity contribution in [3.05, 3.63) is 33.8 Å². The zero-order chi connectivity index (χ0) is 15.6. The molecule has 1 aliphatic heterocycles. The molecule has 1 atom stereocenters. The van der Waals surface area contributed by atoms with Gasteiger partial charge in [0.25, 0.3) is 5.91 Å². The second-order valence-corrected chi connectivity index (χ2v) is 8.19. The van der Waals surface area contributed by atoms with Gasteiger partial charge in [-0.1, -0.05) is 27.9 Å². The van der Waals surface area contributed by atoms with Crippen molar-refractivity contribution in [3.63, 3.8) is 0 Å². The molecule has 1 unspecified atom stereocenters. The summed E-state index contributed by atoms with van der Waals surface area (Å²) in [6.45, 7) is 1.96. The first-order valence-electron chi connectivity index (χ1n) is 6.55. The smallest absolute Gasteiger partial charge is 0.255 e. The zero-order valence-electron chi connectivity index (χ0n) is 11.7. The highest BCUT2D eigenvalue weighted by Gasteiger charge is 2.35. The first-order chi connectivity index (χ1) is 9.85. The van der Waals surface area contributed by atoms with Crippen LogP contribution in [0.4, 0.5) is 0 Å². The van der Waals surface area contributed by atoms with Gasteiger partial charge in [-0.2, -0.15) is 0 Å². The van der Waals surface area contributed by atoms with Crippen LogP contribution in [0.25, 0.3) is 0 Å². The minimum atomic E-state index is -3.06. The molecule has 1 saturated heterocycles. The Labute approximate surface area is 133 Å². The largest absolute Gasteiger partial charge is 0.323 e. The van der Waals surface area contributed by atoms with E-state index in [1.165, 1.54) is 4.90 Å². The predicted molar refractivity (Wildman–Crippen MR) is 85.8 cm³/mol. The van der Waals surface area contributed by atoms with Crippen LogP contribution in [0.3, 0.4) is 0 Å². The number of halogens is 1. The van der Waals surface area contributed by atoms with E-state index < -0.39 is 9.84 Å². The van der Waals surface area contributed by atoms with Crippen molar-refractivity contribution in [2.75, 3.05) is 18.1 Å². The minimum Gasteiger partial charge on any atom is -0.323 e. The van der Waals surface area contributed by atoms with E-state index >= 15 is 0 Å². The molecule has 1 fully saturated rings. The van der Waals surface area contributed by atoms with Crippen LogP contribution < -0.4 is 0 Å². The maximum absolute atomic E-state index is 12.7. The molecule has 21 heavy (non-hydrogen) atoms. The number of nitrogens with zero attached hydrogens (tertiary/aromatic N) is 1. The molecule has 4 nitrogen and oxygen atoms in total. The SMILES string of the molecule is C#CCN(C(=O)c1cccc(Br)c1C)C1CCS(=O)(=O)C1. The fourth-order valence-electron chi connectivity index (χ4n) is 2.48. The summed E-state index contributed by atoms with van der Waals surface area (Å²) in [6.07, 6.45) is 5.79. The summed E-state index contributed by atoms with van der Waals surface area (Å²) in [5.41, 5.74) is 1.37. The van der Waals surface area contributed by atoms with Crippen LogP contribution in [-0.4, -0.2) is 43.3 Å². The fourth-order valence-corrected chi connectivity index (χ4v) is 4.58. The summed E-state index contributed by atoms with van der Waals surface area (Å²) in [5.74, 6) is 2.35. The van der Waals surface area contributed by atoms with Gasteiger partial charge in [0.05, 0.1) is 18.1 Å². The lowest BCUT2D eigenvalue weighted by Crippen LogP contribution is -2.41.